The third kappa shape index (κ3) is 5.80. The Morgan fingerprint density at radius 2 is 1.76 bits per heavy atom. The predicted octanol–water partition coefficient (Wildman–Crippen LogP) is 4.27. The van der Waals surface area contributed by atoms with E-state index in [2.05, 4.69) is 10.6 Å². The van der Waals surface area contributed by atoms with Gasteiger partial charge in [-0.15, -0.1) is 0 Å². The van der Waals surface area contributed by atoms with E-state index in [-0.39, 0.29) is 11.9 Å². The summed E-state index contributed by atoms with van der Waals surface area (Å²) in [6, 6.07) is 12.3. The highest BCUT2D eigenvalue weighted by molar-refractivity contribution is 6.31. The molecule has 0 fully saturated rings. The van der Waals surface area contributed by atoms with E-state index in [9.17, 15) is 9.59 Å². The molecule has 6 heteroatoms. The number of aryl methyl sites for hydroxylation is 1. The number of benzene rings is 2. The number of amides is 1. The Bertz CT molecular complexity index is 745. The Hall–Kier alpha value is -2.53. The second kappa shape index (κ2) is 9.08. The van der Waals surface area contributed by atoms with E-state index in [1.807, 2.05) is 25.1 Å². The first-order valence-corrected chi connectivity index (χ1v) is 8.44. The molecular formula is C19H21ClN2O3. The van der Waals surface area contributed by atoms with Crippen molar-refractivity contribution in [3.63, 3.8) is 0 Å². The Morgan fingerprint density at radius 1 is 1.08 bits per heavy atom. The van der Waals surface area contributed by atoms with Crippen LogP contribution in [0.3, 0.4) is 0 Å². The summed E-state index contributed by atoms with van der Waals surface area (Å²) in [5, 5.41) is 6.64. The number of esters is 1. The summed E-state index contributed by atoms with van der Waals surface area (Å²) in [5.41, 5.74) is 2.98. The van der Waals surface area contributed by atoms with Gasteiger partial charge in [-0.25, -0.2) is 4.79 Å². The quantitative estimate of drug-likeness (QED) is 0.724. The average molecular weight is 361 g/mol. The summed E-state index contributed by atoms with van der Waals surface area (Å²) in [6.07, 6.45) is 0.311. The molecule has 0 aliphatic heterocycles. The molecule has 2 aromatic rings. The number of carbonyl (C=O) groups is 2. The van der Waals surface area contributed by atoms with E-state index >= 15 is 0 Å². The fourth-order valence-electron chi connectivity index (χ4n) is 2.15. The molecule has 2 N–H and O–H groups in total. The third-order valence-corrected chi connectivity index (χ3v) is 3.94. The minimum absolute atomic E-state index is 0.116. The molecule has 5 nitrogen and oxygen atoms in total. The monoisotopic (exact) mass is 360 g/mol. The number of rotatable bonds is 7. The van der Waals surface area contributed by atoms with Gasteiger partial charge in [0.15, 0.2) is 0 Å². The van der Waals surface area contributed by atoms with E-state index in [1.165, 1.54) is 0 Å². The number of nitrogens with one attached hydrogen (secondary N) is 2. The van der Waals surface area contributed by atoms with Crippen LogP contribution in [0.5, 0.6) is 0 Å². The zero-order valence-corrected chi connectivity index (χ0v) is 15.0. The lowest BCUT2D eigenvalue weighted by Crippen LogP contribution is -2.16. The number of halogens is 1. The van der Waals surface area contributed by atoms with E-state index in [1.54, 1.807) is 31.2 Å². The van der Waals surface area contributed by atoms with Gasteiger partial charge in [0, 0.05) is 29.4 Å². The highest BCUT2D eigenvalue weighted by Gasteiger charge is 2.07. The molecule has 0 unspecified atom stereocenters. The van der Waals surface area contributed by atoms with Gasteiger partial charge in [-0.05, 0) is 55.8 Å². The van der Waals surface area contributed by atoms with Crippen molar-refractivity contribution >= 4 is 34.9 Å². The summed E-state index contributed by atoms with van der Waals surface area (Å²) in [4.78, 5) is 23.5. The molecule has 132 valence electrons. The maximum Gasteiger partial charge on any atom is 0.338 e. The SMILES string of the molecule is CCOC(=O)c1ccc(NC(=O)CCNc2ccc(C)c(Cl)c2)cc1. The molecule has 0 bridgehead atoms. The number of hydrogen-bond donors (Lipinski definition) is 2. The lowest BCUT2D eigenvalue weighted by molar-refractivity contribution is -0.115. The van der Waals surface area contributed by atoms with Crippen molar-refractivity contribution in [2.75, 3.05) is 23.8 Å². The third-order valence-electron chi connectivity index (χ3n) is 3.53. The van der Waals surface area contributed by atoms with Crippen LogP contribution in [0, 0.1) is 6.92 Å². The summed E-state index contributed by atoms with van der Waals surface area (Å²) in [5.74, 6) is -0.490. The van der Waals surface area contributed by atoms with Crippen LogP contribution in [-0.4, -0.2) is 25.0 Å². The number of carbonyl (C=O) groups excluding carboxylic acids is 2. The summed E-state index contributed by atoms with van der Waals surface area (Å²) >= 11 is 6.07. The Morgan fingerprint density at radius 3 is 2.40 bits per heavy atom. The second-order valence-electron chi connectivity index (χ2n) is 5.49. The summed E-state index contributed by atoms with van der Waals surface area (Å²) in [6.45, 7) is 4.51. The molecule has 0 heterocycles. The molecule has 0 spiro atoms. The van der Waals surface area contributed by atoms with E-state index in [0.29, 0.717) is 35.8 Å². The normalized spacial score (nSPS) is 10.2. The molecular weight excluding hydrogens is 340 g/mol. The van der Waals surface area contributed by atoms with Crippen LogP contribution in [0.1, 0.15) is 29.3 Å². The van der Waals surface area contributed by atoms with Gasteiger partial charge in [0.25, 0.3) is 0 Å². The molecule has 0 aliphatic carbocycles. The minimum Gasteiger partial charge on any atom is -0.462 e. The number of ether oxygens (including phenoxy) is 1. The summed E-state index contributed by atoms with van der Waals surface area (Å²) < 4.78 is 4.92. The van der Waals surface area contributed by atoms with Crippen molar-refractivity contribution < 1.29 is 14.3 Å². The maximum absolute atomic E-state index is 12.0. The van der Waals surface area contributed by atoms with Crippen LogP contribution < -0.4 is 10.6 Å². The van der Waals surface area contributed by atoms with Crippen molar-refractivity contribution in [1.29, 1.82) is 0 Å². The maximum atomic E-state index is 12.0. The van der Waals surface area contributed by atoms with Crippen molar-refractivity contribution in [3.8, 4) is 0 Å². The second-order valence-corrected chi connectivity index (χ2v) is 5.89. The van der Waals surface area contributed by atoms with Crippen LogP contribution in [0.25, 0.3) is 0 Å². The van der Waals surface area contributed by atoms with Gasteiger partial charge in [-0.3, -0.25) is 4.79 Å². The highest BCUT2D eigenvalue weighted by Crippen LogP contribution is 2.19. The van der Waals surface area contributed by atoms with E-state index < -0.39 is 0 Å². The standard InChI is InChI=1S/C19H21ClN2O3/c1-3-25-19(24)14-5-8-15(9-6-14)22-18(23)10-11-21-16-7-4-13(2)17(20)12-16/h4-9,12,21H,3,10-11H2,1-2H3,(H,22,23). The van der Waals surface area contributed by atoms with Crippen LogP contribution >= 0.6 is 11.6 Å². The van der Waals surface area contributed by atoms with Crippen molar-refractivity contribution in [1.82, 2.24) is 0 Å². The first-order chi connectivity index (χ1) is 12.0. The average Bonchev–Trinajstić information content (AvgIpc) is 2.59. The van der Waals surface area contributed by atoms with Crippen LogP contribution in [0.4, 0.5) is 11.4 Å². The molecule has 25 heavy (non-hydrogen) atoms. The van der Waals surface area contributed by atoms with Gasteiger partial charge in [-0.2, -0.15) is 0 Å². The first-order valence-electron chi connectivity index (χ1n) is 8.06. The van der Waals surface area contributed by atoms with Crippen LogP contribution in [0.15, 0.2) is 42.5 Å². The smallest absolute Gasteiger partial charge is 0.338 e. The van der Waals surface area contributed by atoms with Gasteiger partial charge in [0.1, 0.15) is 0 Å². The lowest BCUT2D eigenvalue weighted by Gasteiger charge is -2.09. The van der Waals surface area contributed by atoms with Crippen molar-refractivity contribution in [2.24, 2.45) is 0 Å². The van der Waals surface area contributed by atoms with Gasteiger partial charge in [0.2, 0.25) is 5.91 Å². The van der Waals surface area contributed by atoms with Crippen LogP contribution in [-0.2, 0) is 9.53 Å². The van der Waals surface area contributed by atoms with E-state index in [0.717, 1.165) is 11.3 Å². The Balaban J connectivity index is 1.79. The number of hydrogen-bond acceptors (Lipinski definition) is 4. The predicted molar refractivity (Wildman–Crippen MR) is 100 cm³/mol. The molecule has 2 aromatic carbocycles. The molecule has 2 rings (SSSR count). The lowest BCUT2D eigenvalue weighted by atomic mass is 10.2. The zero-order chi connectivity index (χ0) is 18.2. The van der Waals surface area contributed by atoms with Gasteiger partial charge < -0.3 is 15.4 Å². The Labute approximate surface area is 152 Å². The zero-order valence-electron chi connectivity index (χ0n) is 14.3. The molecule has 1 amide bonds. The minimum atomic E-state index is -0.374. The Kier molecular flexibility index (Phi) is 6.83. The number of anilines is 2. The van der Waals surface area contributed by atoms with Crippen molar-refractivity contribution in [3.05, 3.63) is 58.6 Å². The molecule has 0 radical (unpaired) electrons. The van der Waals surface area contributed by atoms with Gasteiger partial charge in [0.05, 0.1) is 12.2 Å². The molecule has 0 atom stereocenters. The molecule has 0 saturated heterocycles. The molecule has 0 aromatic heterocycles. The van der Waals surface area contributed by atoms with Gasteiger partial charge >= 0.3 is 5.97 Å². The largest absolute Gasteiger partial charge is 0.462 e. The van der Waals surface area contributed by atoms with Crippen LogP contribution in [0.2, 0.25) is 5.02 Å². The van der Waals surface area contributed by atoms with Gasteiger partial charge in [-0.1, -0.05) is 17.7 Å². The summed E-state index contributed by atoms with van der Waals surface area (Å²) in [7, 11) is 0. The fourth-order valence-corrected chi connectivity index (χ4v) is 2.33. The fraction of sp³-hybridized carbons (Fsp3) is 0.263. The molecule has 0 aliphatic rings. The highest BCUT2D eigenvalue weighted by atomic mass is 35.5. The molecule has 0 saturated carbocycles. The van der Waals surface area contributed by atoms with Crippen molar-refractivity contribution in [2.45, 2.75) is 20.3 Å². The van der Waals surface area contributed by atoms with E-state index in [4.69, 9.17) is 16.3 Å². The first kappa shape index (κ1) is 18.8. The topological polar surface area (TPSA) is 67.4 Å².